The molecule has 0 saturated carbocycles. The van der Waals surface area contributed by atoms with Crippen molar-refractivity contribution in [1.82, 2.24) is 14.8 Å². The van der Waals surface area contributed by atoms with E-state index in [1.165, 1.54) is 18.4 Å². The maximum Gasteiger partial charge on any atom is 0.161 e. The maximum atomic E-state index is 4.82. The van der Waals surface area contributed by atoms with Crippen LogP contribution in [0.1, 0.15) is 18.4 Å². The number of anilines is 2. The summed E-state index contributed by atoms with van der Waals surface area (Å²) in [5.74, 6) is 1.05. The molecule has 0 bridgehead atoms. The van der Waals surface area contributed by atoms with Crippen LogP contribution in [0.4, 0.5) is 11.5 Å². The Hall–Kier alpha value is -2.56. The average Bonchev–Trinajstić information content (AvgIpc) is 3.24. The molecule has 1 aliphatic rings. The molecule has 1 N–H and O–H groups in total. The van der Waals surface area contributed by atoms with Crippen LogP contribution >= 0.6 is 0 Å². The van der Waals surface area contributed by atoms with Crippen LogP contribution in [-0.4, -0.2) is 27.9 Å². The molecule has 0 spiro atoms. The van der Waals surface area contributed by atoms with Crippen molar-refractivity contribution in [2.75, 3.05) is 23.3 Å². The zero-order valence-corrected chi connectivity index (χ0v) is 13.4. The molecule has 23 heavy (non-hydrogen) atoms. The van der Waals surface area contributed by atoms with Crippen LogP contribution in [-0.2, 0) is 13.6 Å². The van der Waals surface area contributed by atoms with Crippen LogP contribution in [0.3, 0.4) is 0 Å². The van der Waals surface area contributed by atoms with Gasteiger partial charge >= 0.3 is 0 Å². The van der Waals surface area contributed by atoms with Crippen LogP contribution in [0, 0.1) is 0 Å². The molecular formula is C18H21N5. The zero-order valence-electron chi connectivity index (χ0n) is 13.4. The lowest BCUT2D eigenvalue weighted by atomic mass is 10.2. The normalized spacial score (nSPS) is 14.6. The Morgan fingerprint density at radius 2 is 1.91 bits per heavy atom. The van der Waals surface area contributed by atoms with Gasteiger partial charge in [-0.25, -0.2) is 4.98 Å². The number of hydrogen-bond acceptors (Lipinski definition) is 4. The van der Waals surface area contributed by atoms with Crippen molar-refractivity contribution in [3.8, 4) is 0 Å². The molecule has 2 aromatic heterocycles. The maximum absolute atomic E-state index is 4.82. The summed E-state index contributed by atoms with van der Waals surface area (Å²) in [5, 5.41) is 9.01. The summed E-state index contributed by atoms with van der Waals surface area (Å²) in [6.07, 6.45) is 4.39. The van der Waals surface area contributed by atoms with E-state index in [-0.39, 0.29) is 0 Å². The van der Waals surface area contributed by atoms with Gasteiger partial charge in [0.15, 0.2) is 5.65 Å². The first-order chi connectivity index (χ1) is 11.3. The molecule has 0 aliphatic carbocycles. The summed E-state index contributed by atoms with van der Waals surface area (Å²) in [5.41, 5.74) is 3.31. The molecule has 0 amide bonds. The van der Waals surface area contributed by atoms with E-state index in [0.29, 0.717) is 0 Å². The number of benzene rings is 1. The smallest absolute Gasteiger partial charge is 0.161 e. The fraction of sp³-hybridized carbons (Fsp3) is 0.333. The SMILES string of the molecule is Cn1ncc2c(NCc3ccccc3)cc(N3CCCC3)nc21. The van der Waals surface area contributed by atoms with E-state index in [2.05, 4.69) is 45.6 Å². The van der Waals surface area contributed by atoms with Gasteiger partial charge in [0.25, 0.3) is 0 Å². The summed E-state index contributed by atoms with van der Waals surface area (Å²) in [7, 11) is 1.95. The van der Waals surface area contributed by atoms with E-state index in [9.17, 15) is 0 Å². The third kappa shape index (κ3) is 2.74. The summed E-state index contributed by atoms with van der Waals surface area (Å²) in [6, 6.07) is 12.6. The van der Waals surface area contributed by atoms with Gasteiger partial charge in [-0.05, 0) is 18.4 Å². The Bertz CT molecular complexity index is 803. The molecule has 118 valence electrons. The third-order valence-corrected chi connectivity index (χ3v) is 4.45. The van der Waals surface area contributed by atoms with Crippen LogP contribution in [0.5, 0.6) is 0 Å². The van der Waals surface area contributed by atoms with E-state index < -0.39 is 0 Å². The molecule has 0 unspecified atom stereocenters. The third-order valence-electron chi connectivity index (χ3n) is 4.45. The minimum Gasteiger partial charge on any atom is -0.380 e. The van der Waals surface area contributed by atoms with E-state index in [0.717, 1.165) is 42.2 Å². The first-order valence-electron chi connectivity index (χ1n) is 8.17. The predicted octanol–water partition coefficient (Wildman–Crippen LogP) is 3.18. The summed E-state index contributed by atoms with van der Waals surface area (Å²) < 4.78 is 1.85. The van der Waals surface area contributed by atoms with E-state index in [1.54, 1.807) is 0 Å². The Kier molecular flexibility index (Phi) is 3.61. The minimum atomic E-state index is 0.800. The largest absolute Gasteiger partial charge is 0.380 e. The molecular weight excluding hydrogens is 286 g/mol. The van der Waals surface area contributed by atoms with Crippen molar-refractivity contribution in [2.45, 2.75) is 19.4 Å². The number of aryl methyl sites for hydroxylation is 1. The van der Waals surface area contributed by atoms with Crippen molar-refractivity contribution in [3.63, 3.8) is 0 Å². The quantitative estimate of drug-likeness (QED) is 0.804. The van der Waals surface area contributed by atoms with Crippen molar-refractivity contribution in [2.24, 2.45) is 7.05 Å². The summed E-state index contributed by atoms with van der Waals surface area (Å²) in [6.45, 7) is 2.98. The Labute approximate surface area is 135 Å². The minimum absolute atomic E-state index is 0.800. The molecule has 3 aromatic rings. The molecule has 1 aromatic carbocycles. The Balaban J connectivity index is 1.68. The van der Waals surface area contributed by atoms with Gasteiger partial charge in [-0.2, -0.15) is 5.10 Å². The van der Waals surface area contributed by atoms with Crippen molar-refractivity contribution >= 4 is 22.5 Å². The second-order valence-electron chi connectivity index (χ2n) is 6.07. The van der Waals surface area contributed by atoms with E-state index in [1.807, 2.05) is 24.0 Å². The van der Waals surface area contributed by atoms with Gasteiger partial charge in [-0.15, -0.1) is 0 Å². The van der Waals surface area contributed by atoms with Gasteiger partial charge in [-0.3, -0.25) is 4.68 Å². The zero-order chi connectivity index (χ0) is 15.6. The molecule has 0 radical (unpaired) electrons. The van der Waals surface area contributed by atoms with Gasteiger partial charge in [-0.1, -0.05) is 30.3 Å². The number of hydrogen-bond donors (Lipinski definition) is 1. The van der Waals surface area contributed by atoms with Gasteiger partial charge < -0.3 is 10.2 Å². The van der Waals surface area contributed by atoms with Crippen molar-refractivity contribution in [1.29, 1.82) is 0 Å². The molecule has 4 rings (SSSR count). The van der Waals surface area contributed by atoms with Gasteiger partial charge in [0.1, 0.15) is 5.82 Å². The van der Waals surface area contributed by atoms with Crippen LogP contribution in [0.2, 0.25) is 0 Å². The Morgan fingerprint density at radius 1 is 1.13 bits per heavy atom. The molecule has 0 atom stereocenters. The lowest BCUT2D eigenvalue weighted by molar-refractivity contribution is 0.784. The highest BCUT2D eigenvalue weighted by Crippen LogP contribution is 2.28. The van der Waals surface area contributed by atoms with E-state index in [4.69, 9.17) is 4.98 Å². The predicted molar refractivity (Wildman–Crippen MR) is 93.7 cm³/mol. The summed E-state index contributed by atoms with van der Waals surface area (Å²) in [4.78, 5) is 7.18. The van der Waals surface area contributed by atoms with E-state index >= 15 is 0 Å². The van der Waals surface area contributed by atoms with Crippen LogP contribution in [0.25, 0.3) is 11.0 Å². The monoisotopic (exact) mass is 307 g/mol. The van der Waals surface area contributed by atoms with Crippen molar-refractivity contribution < 1.29 is 0 Å². The van der Waals surface area contributed by atoms with Crippen LogP contribution in [0.15, 0.2) is 42.6 Å². The highest BCUT2D eigenvalue weighted by atomic mass is 15.3. The van der Waals surface area contributed by atoms with Crippen LogP contribution < -0.4 is 10.2 Å². The molecule has 1 aliphatic heterocycles. The molecule has 1 fully saturated rings. The number of nitrogens with one attached hydrogen (secondary N) is 1. The summed E-state index contributed by atoms with van der Waals surface area (Å²) >= 11 is 0. The fourth-order valence-corrected chi connectivity index (χ4v) is 3.15. The number of aromatic nitrogens is 3. The first kappa shape index (κ1) is 14.1. The van der Waals surface area contributed by atoms with Gasteiger partial charge in [0.05, 0.1) is 17.3 Å². The van der Waals surface area contributed by atoms with Gasteiger partial charge in [0.2, 0.25) is 0 Å². The standard InChI is InChI=1S/C18H21N5/c1-22-18-15(13-20-22)16(19-12-14-7-3-2-4-8-14)11-17(21-18)23-9-5-6-10-23/h2-4,7-8,11,13H,5-6,9-10,12H2,1H3,(H,19,21). The number of rotatable bonds is 4. The molecule has 1 saturated heterocycles. The first-order valence-corrected chi connectivity index (χ1v) is 8.17. The van der Waals surface area contributed by atoms with Crippen molar-refractivity contribution in [3.05, 3.63) is 48.2 Å². The number of pyridine rings is 1. The van der Waals surface area contributed by atoms with Gasteiger partial charge in [0, 0.05) is 32.7 Å². The highest BCUT2D eigenvalue weighted by molar-refractivity contribution is 5.90. The Morgan fingerprint density at radius 3 is 2.70 bits per heavy atom. The molecule has 5 heteroatoms. The second-order valence-corrected chi connectivity index (χ2v) is 6.07. The fourth-order valence-electron chi connectivity index (χ4n) is 3.15. The highest BCUT2D eigenvalue weighted by Gasteiger charge is 2.17. The second kappa shape index (κ2) is 5.91. The lowest BCUT2D eigenvalue weighted by Gasteiger charge is -2.18. The number of fused-ring (bicyclic) bond motifs is 1. The number of nitrogens with zero attached hydrogens (tertiary/aromatic N) is 4. The lowest BCUT2D eigenvalue weighted by Crippen LogP contribution is -2.19. The molecule has 3 heterocycles. The molecule has 5 nitrogen and oxygen atoms in total. The average molecular weight is 307 g/mol. The topological polar surface area (TPSA) is 46.0 Å².